The van der Waals surface area contributed by atoms with E-state index in [4.69, 9.17) is 0 Å². The van der Waals surface area contributed by atoms with Gasteiger partial charge in [0.1, 0.15) is 0 Å². The van der Waals surface area contributed by atoms with Crippen molar-refractivity contribution in [2.24, 2.45) is 0 Å². The van der Waals surface area contributed by atoms with Crippen molar-refractivity contribution in [3.05, 3.63) is 60.2 Å². The minimum absolute atomic E-state index is 1.06. The van der Waals surface area contributed by atoms with Crippen LogP contribution in [0.5, 0.6) is 0 Å². The molecule has 0 aliphatic carbocycles. The van der Waals surface area contributed by atoms with Gasteiger partial charge < -0.3 is 0 Å². The summed E-state index contributed by atoms with van der Waals surface area (Å²) in [6.07, 6.45) is 21.2. The minimum atomic E-state index is 1.06. The van der Waals surface area contributed by atoms with Crippen LogP contribution in [0.25, 0.3) is 10.8 Å². The highest BCUT2D eigenvalue weighted by atomic mass is 14.0. The van der Waals surface area contributed by atoms with E-state index >= 15 is 0 Å². The molecular formula is C25H36. The molecular weight excluding hydrogens is 300 g/mol. The first-order valence-corrected chi connectivity index (χ1v) is 10.5. The van der Waals surface area contributed by atoms with Gasteiger partial charge in [0, 0.05) is 0 Å². The molecule has 0 spiro atoms. The van der Waals surface area contributed by atoms with Crippen molar-refractivity contribution in [2.45, 2.75) is 84.0 Å². The van der Waals surface area contributed by atoms with Crippen LogP contribution >= 0.6 is 0 Å². The van der Waals surface area contributed by atoms with Crippen molar-refractivity contribution in [1.82, 2.24) is 0 Å². The second kappa shape index (κ2) is 12.8. The standard InChI is InChI=1S/C25H36/c1-2-3-4-5-6-7-8-9-10-11-12-13-14-17-23-20-21-24-18-15-16-19-25(24)22-23/h13-16,18-22H,2-12,17H2,1H3/b14-13+. The number of fused-ring (bicyclic) bond motifs is 1. The lowest BCUT2D eigenvalue weighted by Crippen LogP contribution is -1.82. The maximum Gasteiger partial charge on any atom is -0.00972 e. The Hall–Kier alpha value is -1.56. The Bertz CT molecular complexity index is 608. The quantitative estimate of drug-likeness (QED) is 0.255. The van der Waals surface area contributed by atoms with E-state index in [2.05, 4.69) is 61.5 Å². The highest BCUT2D eigenvalue weighted by molar-refractivity contribution is 5.83. The zero-order valence-corrected chi connectivity index (χ0v) is 16.2. The van der Waals surface area contributed by atoms with Crippen LogP contribution in [0.1, 0.15) is 83.1 Å². The highest BCUT2D eigenvalue weighted by Gasteiger charge is 1.95. The lowest BCUT2D eigenvalue weighted by atomic mass is 10.0. The first-order valence-electron chi connectivity index (χ1n) is 10.5. The second-order valence-corrected chi connectivity index (χ2v) is 7.33. The van der Waals surface area contributed by atoms with Crippen LogP contribution in [0, 0.1) is 0 Å². The van der Waals surface area contributed by atoms with Gasteiger partial charge in [0.15, 0.2) is 0 Å². The fourth-order valence-electron chi connectivity index (χ4n) is 3.45. The summed E-state index contributed by atoms with van der Waals surface area (Å²) in [5.41, 5.74) is 1.41. The van der Waals surface area contributed by atoms with Gasteiger partial charge in [-0.25, -0.2) is 0 Å². The molecule has 0 heteroatoms. The van der Waals surface area contributed by atoms with Crippen molar-refractivity contribution in [1.29, 1.82) is 0 Å². The monoisotopic (exact) mass is 336 g/mol. The van der Waals surface area contributed by atoms with Gasteiger partial charge in [-0.15, -0.1) is 0 Å². The number of hydrogen-bond donors (Lipinski definition) is 0. The molecule has 2 aromatic carbocycles. The SMILES string of the molecule is CCCCCCCCCCCC/C=C/Cc1ccc2ccccc2c1. The molecule has 0 aliphatic heterocycles. The van der Waals surface area contributed by atoms with Crippen LogP contribution < -0.4 is 0 Å². The zero-order valence-electron chi connectivity index (χ0n) is 16.2. The summed E-state index contributed by atoms with van der Waals surface area (Å²) in [6.45, 7) is 2.29. The van der Waals surface area contributed by atoms with E-state index in [9.17, 15) is 0 Å². The van der Waals surface area contributed by atoms with Crippen molar-refractivity contribution < 1.29 is 0 Å². The van der Waals surface area contributed by atoms with Crippen LogP contribution in [-0.4, -0.2) is 0 Å². The normalized spacial score (nSPS) is 11.6. The van der Waals surface area contributed by atoms with Gasteiger partial charge in [-0.2, -0.15) is 0 Å². The molecule has 0 heterocycles. The maximum absolute atomic E-state index is 2.37. The fourth-order valence-corrected chi connectivity index (χ4v) is 3.45. The number of unbranched alkanes of at least 4 members (excludes halogenated alkanes) is 10. The molecule has 0 aromatic heterocycles. The van der Waals surface area contributed by atoms with Crippen molar-refractivity contribution in [3.8, 4) is 0 Å². The zero-order chi connectivity index (χ0) is 17.6. The Morgan fingerprint density at radius 1 is 0.640 bits per heavy atom. The molecule has 0 amide bonds. The molecule has 0 saturated heterocycles. The summed E-state index contributed by atoms with van der Waals surface area (Å²) >= 11 is 0. The van der Waals surface area contributed by atoms with E-state index in [1.165, 1.54) is 87.0 Å². The maximum atomic E-state index is 2.37. The molecule has 0 saturated carbocycles. The number of benzene rings is 2. The van der Waals surface area contributed by atoms with Crippen LogP contribution in [0.15, 0.2) is 54.6 Å². The smallest absolute Gasteiger partial charge is 0.00972 e. The molecule has 0 atom stereocenters. The molecule has 0 unspecified atom stereocenters. The third-order valence-corrected chi connectivity index (χ3v) is 5.06. The van der Waals surface area contributed by atoms with E-state index in [1.807, 2.05) is 0 Å². The molecule has 2 rings (SSSR count). The summed E-state index contributed by atoms with van der Waals surface area (Å²) in [4.78, 5) is 0. The van der Waals surface area contributed by atoms with Gasteiger partial charge in [0.2, 0.25) is 0 Å². The first kappa shape index (κ1) is 19.8. The summed E-state index contributed by atoms with van der Waals surface area (Å²) < 4.78 is 0. The van der Waals surface area contributed by atoms with Crippen LogP contribution in [0.4, 0.5) is 0 Å². The van der Waals surface area contributed by atoms with Crippen LogP contribution in [-0.2, 0) is 6.42 Å². The van der Waals surface area contributed by atoms with Crippen LogP contribution in [0.2, 0.25) is 0 Å². The average Bonchev–Trinajstić information content (AvgIpc) is 2.65. The largest absolute Gasteiger partial charge is 0.0882 e. The van der Waals surface area contributed by atoms with E-state index in [-0.39, 0.29) is 0 Å². The average molecular weight is 337 g/mol. The number of allylic oxidation sites excluding steroid dienone is 2. The van der Waals surface area contributed by atoms with Gasteiger partial charge in [0.05, 0.1) is 0 Å². The third-order valence-electron chi connectivity index (χ3n) is 5.06. The molecule has 0 aliphatic rings. The summed E-state index contributed by atoms with van der Waals surface area (Å²) in [5.74, 6) is 0. The molecule has 2 aromatic rings. The second-order valence-electron chi connectivity index (χ2n) is 7.33. The first-order chi connectivity index (χ1) is 12.4. The van der Waals surface area contributed by atoms with E-state index in [1.54, 1.807) is 0 Å². The Labute approximate surface area is 155 Å². The van der Waals surface area contributed by atoms with Crippen molar-refractivity contribution in [3.63, 3.8) is 0 Å². The molecule has 136 valence electrons. The predicted octanol–water partition coefficient (Wildman–Crippen LogP) is 8.25. The predicted molar refractivity (Wildman–Crippen MR) is 113 cm³/mol. The highest BCUT2D eigenvalue weighted by Crippen LogP contribution is 2.16. The fraction of sp³-hybridized carbons (Fsp3) is 0.520. The number of hydrogen-bond acceptors (Lipinski definition) is 0. The number of rotatable bonds is 13. The lowest BCUT2D eigenvalue weighted by molar-refractivity contribution is 0.557. The molecule has 0 nitrogen and oxygen atoms in total. The Kier molecular flexibility index (Phi) is 10.1. The van der Waals surface area contributed by atoms with Gasteiger partial charge in [0.25, 0.3) is 0 Å². The summed E-state index contributed by atoms with van der Waals surface area (Å²) in [6, 6.07) is 15.4. The Morgan fingerprint density at radius 3 is 2.00 bits per heavy atom. The molecule has 0 N–H and O–H groups in total. The third kappa shape index (κ3) is 8.38. The van der Waals surface area contributed by atoms with E-state index in [0.717, 1.165) is 6.42 Å². The van der Waals surface area contributed by atoms with Gasteiger partial charge in [-0.3, -0.25) is 0 Å². The topological polar surface area (TPSA) is 0 Å². The lowest BCUT2D eigenvalue weighted by Gasteiger charge is -2.02. The van der Waals surface area contributed by atoms with Gasteiger partial charge in [-0.1, -0.05) is 119 Å². The summed E-state index contributed by atoms with van der Waals surface area (Å²) in [5, 5.41) is 2.68. The van der Waals surface area contributed by atoms with Gasteiger partial charge in [-0.05, 0) is 35.6 Å². The van der Waals surface area contributed by atoms with Crippen molar-refractivity contribution in [2.75, 3.05) is 0 Å². The molecule has 0 bridgehead atoms. The van der Waals surface area contributed by atoms with E-state index in [0.29, 0.717) is 0 Å². The summed E-state index contributed by atoms with van der Waals surface area (Å²) in [7, 11) is 0. The van der Waals surface area contributed by atoms with Gasteiger partial charge >= 0.3 is 0 Å². The minimum Gasteiger partial charge on any atom is -0.0882 e. The van der Waals surface area contributed by atoms with E-state index < -0.39 is 0 Å². The van der Waals surface area contributed by atoms with Crippen LogP contribution in [0.3, 0.4) is 0 Å². The Morgan fingerprint density at radius 2 is 1.28 bits per heavy atom. The molecule has 0 fully saturated rings. The molecule has 25 heavy (non-hydrogen) atoms. The Balaban J connectivity index is 1.49. The van der Waals surface area contributed by atoms with Crippen molar-refractivity contribution >= 4 is 10.8 Å². The molecule has 0 radical (unpaired) electrons.